The number of nitrogens with two attached hydrogens (primary N) is 1. The largest absolute Gasteiger partial charge is 0.368 e. The van der Waals surface area contributed by atoms with Crippen molar-refractivity contribution < 1.29 is 4.79 Å². The van der Waals surface area contributed by atoms with Gasteiger partial charge in [0.25, 0.3) is 0 Å². The molecule has 2 fully saturated rings. The number of nitrogens with one attached hydrogen (secondary N) is 1. The Kier molecular flexibility index (Phi) is 5.67. The third-order valence-corrected chi connectivity index (χ3v) is 5.32. The van der Waals surface area contributed by atoms with Crippen molar-refractivity contribution in [2.24, 2.45) is 17.6 Å². The maximum absolute atomic E-state index is 12.1. The molecule has 0 radical (unpaired) electrons. The van der Waals surface area contributed by atoms with Gasteiger partial charge in [0.2, 0.25) is 5.91 Å². The van der Waals surface area contributed by atoms with Crippen molar-refractivity contribution in [3.8, 4) is 0 Å². The van der Waals surface area contributed by atoms with Gasteiger partial charge in [0.1, 0.15) is 0 Å². The van der Waals surface area contributed by atoms with Crippen LogP contribution in [0.15, 0.2) is 0 Å². The molecule has 3 N–H and O–H groups in total. The molecule has 2 aliphatic rings. The fraction of sp³-hybridized carbons (Fsp3) is 0.941. The highest BCUT2D eigenvalue weighted by atomic mass is 16.1. The van der Waals surface area contributed by atoms with Crippen molar-refractivity contribution in [1.82, 2.24) is 10.2 Å². The molecule has 4 atom stereocenters. The highest BCUT2D eigenvalue weighted by Gasteiger charge is 2.43. The molecular formula is C17H33N3O. The summed E-state index contributed by atoms with van der Waals surface area (Å²) in [6.07, 6.45) is 6.47. The number of nitrogens with zero attached hydrogens (tertiary/aromatic N) is 1. The van der Waals surface area contributed by atoms with Gasteiger partial charge in [-0.05, 0) is 56.9 Å². The maximum atomic E-state index is 12.1. The Balaban J connectivity index is 2.05. The molecule has 4 heteroatoms. The Hall–Kier alpha value is -0.610. The number of likely N-dealkylation sites (tertiary alicyclic amines) is 1. The third-order valence-electron chi connectivity index (χ3n) is 5.32. The molecule has 1 amide bonds. The zero-order valence-corrected chi connectivity index (χ0v) is 14.0. The van der Waals surface area contributed by atoms with Crippen LogP contribution in [0.5, 0.6) is 0 Å². The third kappa shape index (κ3) is 3.98. The number of carbonyl (C=O) groups is 1. The van der Waals surface area contributed by atoms with Gasteiger partial charge in [-0.3, -0.25) is 9.69 Å². The Bertz CT molecular complexity index is 350. The molecule has 1 saturated heterocycles. The molecule has 1 saturated carbocycles. The summed E-state index contributed by atoms with van der Waals surface area (Å²) in [5.74, 6) is 1.38. The number of piperidine rings is 1. The first-order valence-electron chi connectivity index (χ1n) is 8.76. The van der Waals surface area contributed by atoms with Crippen LogP contribution in [0.3, 0.4) is 0 Å². The van der Waals surface area contributed by atoms with Crippen molar-refractivity contribution in [2.45, 2.75) is 70.9 Å². The van der Waals surface area contributed by atoms with Gasteiger partial charge in [-0.25, -0.2) is 0 Å². The Morgan fingerprint density at radius 2 is 2.00 bits per heavy atom. The van der Waals surface area contributed by atoms with Gasteiger partial charge in [0.15, 0.2) is 0 Å². The van der Waals surface area contributed by atoms with E-state index in [0.29, 0.717) is 6.04 Å². The van der Waals surface area contributed by atoms with Crippen molar-refractivity contribution in [1.29, 1.82) is 0 Å². The molecule has 0 aromatic carbocycles. The molecule has 0 aromatic heterocycles. The van der Waals surface area contributed by atoms with E-state index in [4.69, 9.17) is 5.73 Å². The van der Waals surface area contributed by atoms with Crippen LogP contribution in [-0.4, -0.2) is 42.0 Å². The van der Waals surface area contributed by atoms with Gasteiger partial charge >= 0.3 is 0 Å². The van der Waals surface area contributed by atoms with Gasteiger partial charge in [0, 0.05) is 19.1 Å². The van der Waals surface area contributed by atoms with Crippen LogP contribution < -0.4 is 11.1 Å². The molecule has 21 heavy (non-hydrogen) atoms. The molecule has 1 heterocycles. The molecule has 1 aliphatic carbocycles. The molecule has 4 nitrogen and oxygen atoms in total. The van der Waals surface area contributed by atoms with Crippen LogP contribution in [0.2, 0.25) is 0 Å². The topological polar surface area (TPSA) is 58.4 Å². The summed E-state index contributed by atoms with van der Waals surface area (Å²) in [4.78, 5) is 14.7. The number of hydrogen-bond donors (Lipinski definition) is 2. The second-order valence-corrected chi connectivity index (χ2v) is 7.52. The van der Waals surface area contributed by atoms with Gasteiger partial charge in [-0.2, -0.15) is 0 Å². The van der Waals surface area contributed by atoms with E-state index >= 15 is 0 Å². The minimum Gasteiger partial charge on any atom is -0.368 e. The second kappa shape index (κ2) is 7.10. The highest BCUT2D eigenvalue weighted by molar-refractivity contribution is 5.84. The van der Waals surface area contributed by atoms with Gasteiger partial charge in [0.05, 0.1) is 5.54 Å². The predicted molar refractivity (Wildman–Crippen MR) is 87.0 cm³/mol. The number of amides is 1. The Labute approximate surface area is 129 Å². The Morgan fingerprint density at radius 3 is 2.57 bits per heavy atom. The summed E-state index contributed by atoms with van der Waals surface area (Å²) in [6.45, 7) is 10.1. The summed E-state index contributed by atoms with van der Waals surface area (Å²) >= 11 is 0. The Morgan fingerprint density at radius 1 is 1.33 bits per heavy atom. The summed E-state index contributed by atoms with van der Waals surface area (Å²) in [7, 11) is 0. The van der Waals surface area contributed by atoms with E-state index in [1.165, 1.54) is 25.9 Å². The minimum atomic E-state index is -0.469. The lowest BCUT2D eigenvalue weighted by atomic mass is 9.76. The van der Waals surface area contributed by atoms with Crippen LogP contribution in [-0.2, 0) is 4.79 Å². The minimum absolute atomic E-state index is 0.154. The molecule has 0 bridgehead atoms. The van der Waals surface area contributed by atoms with Gasteiger partial charge in [-0.15, -0.1) is 0 Å². The van der Waals surface area contributed by atoms with Crippen molar-refractivity contribution in [2.75, 3.05) is 19.6 Å². The van der Waals surface area contributed by atoms with Crippen LogP contribution in [0, 0.1) is 11.8 Å². The SMILES string of the molecule is CCCNC1(C(N)=O)CCCC(N2CC(C)CC(C)C2)C1. The molecular weight excluding hydrogens is 262 g/mol. The van der Waals surface area contributed by atoms with E-state index in [1.54, 1.807) is 0 Å². The predicted octanol–water partition coefficient (Wildman–Crippen LogP) is 2.13. The lowest BCUT2D eigenvalue weighted by Crippen LogP contribution is -2.61. The number of primary amides is 1. The average Bonchev–Trinajstić information content (AvgIpc) is 2.44. The van der Waals surface area contributed by atoms with E-state index < -0.39 is 5.54 Å². The smallest absolute Gasteiger partial charge is 0.237 e. The number of rotatable bonds is 5. The second-order valence-electron chi connectivity index (χ2n) is 7.52. The molecule has 0 aromatic rings. The summed E-state index contributed by atoms with van der Waals surface area (Å²) < 4.78 is 0. The molecule has 122 valence electrons. The first-order chi connectivity index (χ1) is 9.97. The van der Waals surface area contributed by atoms with Crippen LogP contribution in [0.25, 0.3) is 0 Å². The summed E-state index contributed by atoms with van der Waals surface area (Å²) in [5.41, 5.74) is 5.30. The molecule has 0 spiro atoms. The quantitative estimate of drug-likeness (QED) is 0.817. The fourth-order valence-corrected chi connectivity index (χ4v) is 4.40. The van der Waals surface area contributed by atoms with Gasteiger partial charge in [-0.1, -0.05) is 20.8 Å². The van der Waals surface area contributed by atoms with Crippen molar-refractivity contribution >= 4 is 5.91 Å². The molecule has 2 rings (SSSR count). The fourth-order valence-electron chi connectivity index (χ4n) is 4.40. The number of carbonyl (C=O) groups excluding carboxylic acids is 1. The zero-order valence-electron chi connectivity index (χ0n) is 14.0. The van der Waals surface area contributed by atoms with E-state index in [0.717, 1.165) is 44.1 Å². The normalized spacial score (nSPS) is 38.3. The first kappa shape index (κ1) is 16.8. The summed E-state index contributed by atoms with van der Waals surface area (Å²) in [5, 5.41) is 3.47. The van der Waals surface area contributed by atoms with E-state index in [2.05, 4.69) is 31.0 Å². The van der Waals surface area contributed by atoms with Crippen molar-refractivity contribution in [3.05, 3.63) is 0 Å². The lowest BCUT2D eigenvalue weighted by Gasteiger charge is -2.46. The first-order valence-corrected chi connectivity index (χ1v) is 8.76. The standard InChI is InChI=1S/C17H33N3O/c1-4-8-19-17(16(18)21)7-5-6-15(10-17)20-11-13(2)9-14(3)12-20/h13-15,19H,4-12H2,1-3H3,(H2,18,21). The lowest BCUT2D eigenvalue weighted by molar-refractivity contribution is -0.127. The summed E-state index contributed by atoms with van der Waals surface area (Å²) in [6, 6.07) is 0.515. The van der Waals surface area contributed by atoms with Crippen LogP contribution >= 0.6 is 0 Å². The van der Waals surface area contributed by atoms with E-state index in [9.17, 15) is 4.79 Å². The van der Waals surface area contributed by atoms with E-state index in [1.807, 2.05) is 0 Å². The monoisotopic (exact) mass is 295 g/mol. The van der Waals surface area contributed by atoms with Crippen molar-refractivity contribution in [3.63, 3.8) is 0 Å². The molecule has 1 aliphatic heterocycles. The van der Waals surface area contributed by atoms with Gasteiger partial charge < -0.3 is 11.1 Å². The average molecular weight is 295 g/mol. The molecule has 4 unspecified atom stereocenters. The zero-order chi connectivity index (χ0) is 15.5. The highest BCUT2D eigenvalue weighted by Crippen LogP contribution is 2.34. The number of hydrogen-bond acceptors (Lipinski definition) is 3. The van der Waals surface area contributed by atoms with E-state index in [-0.39, 0.29) is 5.91 Å². The van der Waals surface area contributed by atoms with Crippen LogP contribution in [0.4, 0.5) is 0 Å². The van der Waals surface area contributed by atoms with Crippen LogP contribution in [0.1, 0.15) is 59.3 Å². The maximum Gasteiger partial charge on any atom is 0.237 e.